The maximum Gasteiger partial charge on any atom is 0.123 e. The molecule has 0 atom stereocenters. The Bertz CT molecular complexity index is 542. The van der Waals surface area contributed by atoms with Crippen LogP contribution in [0, 0.1) is 0 Å². The second-order valence-electron chi connectivity index (χ2n) is 4.40. The third-order valence-electron chi connectivity index (χ3n) is 3.25. The van der Waals surface area contributed by atoms with Gasteiger partial charge in [-0.3, -0.25) is 0 Å². The first-order valence-electron chi connectivity index (χ1n) is 6.29. The second kappa shape index (κ2) is 5.13. The van der Waals surface area contributed by atoms with Gasteiger partial charge in [0.25, 0.3) is 0 Å². The third kappa shape index (κ3) is 2.33. The first kappa shape index (κ1) is 12.5. The van der Waals surface area contributed by atoms with Crippen molar-refractivity contribution < 1.29 is 10.2 Å². The molecule has 2 nitrogen and oxygen atoms in total. The summed E-state index contributed by atoms with van der Waals surface area (Å²) in [5.74, 6) is 0.457. The lowest BCUT2D eigenvalue weighted by atomic mass is 9.99. The van der Waals surface area contributed by atoms with Gasteiger partial charge >= 0.3 is 0 Å². The summed E-state index contributed by atoms with van der Waals surface area (Å²) in [6.07, 6.45) is 1.70. The van der Waals surface area contributed by atoms with Crippen molar-refractivity contribution in [1.29, 1.82) is 0 Å². The minimum atomic E-state index is 0.217. The summed E-state index contributed by atoms with van der Waals surface area (Å²) in [4.78, 5) is 0. The average molecular weight is 242 g/mol. The summed E-state index contributed by atoms with van der Waals surface area (Å²) in [6.45, 7) is 4.05. The van der Waals surface area contributed by atoms with Crippen molar-refractivity contribution in [3.05, 3.63) is 47.5 Å². The topological polar surface area (TPSA) is 40.5 Å². The molecule has 0 aliphatic carbocycles. The largest absolute Gasteiger partial charge is 0.508 e. The standard InChI is InChI=1S/C16H18O2/c1-3-11-5-7-13(8-6-11)14-10-15(17)12(4-2)9-16(14)18/h5-10,17-18H,3-4H2,1-2H3. The predicted molar refractivity (Wildman–Crippen MR) is 74.0 cm³/mol. The number of aryl methyl sites for hydroxylation is 2. The lowest BCUT2D eigenvalue weighted by Gasteiger charge is -2.09. The van der Waals surface area contributed by atoms with Crippen LogP contribution in [0.4, 0.5) is 0 Å². The van der Waals surface area contributed by atoms with Crippen molar-refractivity contribution in [3.63, 3.8) is 0 Å². The summed E-state index contributed by atoms with van der Waals surface area (Å²) in [6, 6.07) is 11.3. The Morgan fingerprint density at radius 3 is 2.06 bits per heavy atom. The number of rotatable bonds is 3. The fraction of sp³-hybridized carbons (Fsp3) is 0.250. The summed E-state index contributed by atoms with van der Waals surface area (Å²) >= 11 is 0. The molecular weight excluding hydrogens is 224 g/mol. The average Bonchev–Trinajstić information content (AvgIpc) is 2.41. The second-order valence-corrected chi connectivity index (χ2v) is 4.40. The van der Waals surface area contributed by atoms with Gasteiger partial charge in [-0.2, -0.15) is 0 Å². The maximum atomic E-state index is 10.0. The molecule has 2 heteroatoms. The molecule has 0 bridgehead atoms. The van der Waals surface area contributed by atoms with Gasteiger partial charge in [0.1, 0.15) is 11.5 Å². The van der Waals surface area contributed by atoms with Crippen molar-refractivity contribution in [2.24, 2.45) is 0 Å². The third-order valence-corrected chi connectivity index (χ3v) is 3.25. The molecule has 0 spiro atoms. The highest BCUT2D eigenvalue weighted by molar-refractivity contribution is 5.72. The molecule has 0 heterocycles. The lowest BCUT2D eigenvalue weighted by Crippen LogP contribution is -1.86. The van der Waals surface area contributed by atoms with E-state index >= 15 is 0 Å². The fourth-order valence-corrected chi connectivity index (χ4v) is 2.05. The highest BCUT2D eigenvalue weighted by Crippen LogP contribution is 2.35. The van der Waals surface area contributed by atoms with Crippen LogP contribution >= 0.6 is 0 Å². The number of hydrogen-bond acceptors (Lipinski definition) is 2. The van der Waals surface area contributed by atoms with Crippen LogP contribution in [0.15, 0.2) is 36.4 Å². The minimum Gasteiger partial charge on any atom is -0.508 e. The van der Waals surface area contributed by atoms with Crippen molar-refractivity contribution >= 4 is 0 Å². The SMILES string of the molecule is CCc1ccc(-c2cc(O)c(CC)cc2O)cc1. The Labute approximate surface area is 108 Å². The van der Waals surface area contributed by atoms with E-state index in [0.717, 1.165) is 17.5 Å². The highest BCUT2D eigenvalue weighted by Gasteiger charge is 2.09. The van der Waals surface area contributed by atoms with E-state index in [4.69, 9.17) is 0 Å². The minimum absolute atomic E-state index is 0.217. The van der Waals surface area contributed by atoms with Gasteiger partial charge in [-0.15, -0.1) is 0 Å². The van der Waals surface area contributed by atoms with Crippen LogP contribution in [-0.4, -0.2) is 10.2 Å². The molecule has 0 aliphatic heterocycles. The van der Waals surface area contributed by atoms with Crippen LogP contribution in [0.2, 0.25) is 0 Å². The number of phenolic OH excluding ortho intramolecular Hbond substituents is 2. The van der Waals surface area contributed by atoms with Gasteiger partial charge in [-0.25, -0.2) is 0 Å². The van der Waals surface area contributed by atoms with Crippen molar-refractivity contribution in [2.45, 2.75) is 26.7 Å². The monoisotopic (exact) mass is 242 g/mol. The van der Waals surface area contributed by atoms with Crippen molar-refractivity contribution in [1.82, 2.24) is 0 Å². The molecule has 0 unspecified atom stereocenters. The Hall–Kier alpha value is -1.96. The molecule has 2 rings (SSSR count). The molecule has 0 aliphatic rings. The van der Waals surface area contributed by atoms with E-state index in [1.54, 1.807) is 12.1 Å². The van der Waals surface area contributed by atoms with Crippen LogP contribution in [0.3, 0.4) is 0 Å². The molecule has 0 amide bonds. The lowest BCUT2D eigenvalue weighted by molar-refractivity contribution is 0.456. The molecule has 2 N–H and O–H groups in total. The molecule has 0 saturated carbocycles. The van der Waals surface area contributed by atoms with Crippen LogP contribution < -0.4 is 0 Å². The molecule has 94 valence electrons. The Kier molecular flexibility index (Phi) is 3.56. The van der Waals surface area contributed by atoms with Gasteiger partial charge in [0.05, 0.1) is 0 Å². The van der Waals surface area contributed by atoms with Crippen LogP contribution in [0.1, 0.15) is 25.0 Å². The Balaban J connectivity index is 2.46. The van der Waals surface area contributed by atoms with E-state index in [2.05, 4.69) is 6.92 Å². The molecule has 0 radical (unpaired) electrons. The quantitative estimate of drug-likeness (QED) is 0.802. The zero-order chi connectivity index (χ0) is 13.1. The highest BCUT2D eigenvalue weighted by atomic mass is 16.3. The summed E-state index contributed by atoms with van der Waals surface area (Å²) in [5.41, 5.74) is 3.61. The number of aromatic hydroxyl groups is 2. The summed E-state index contributed by atoms with van der Waals surface area (Å²) in [5, 5.41) is 19.9. The molecule has 2 aromatic carbocycles. The van der Waals surface area contributed by atoms with Crippen molar-refractivity contribution in [2.75, 3.05) is 0 Å². The van der Waals surface area contributed by atoms with Crippen LogP contribution in [0.25, 0.3) is 11.1 Å². The van der Waals surface area contributed by atoms with E-state index in [9.17, 15) is 10.2 Å². The van der Waals surface area contributed by atoms with Crippen LogP contribution in [0.5, 0.6) is 11.5 Å². The van der Waals surface area contributed by atoms with Crippen LogP contribution in [-0.2, 0) is 12.8 Å². The molecule has 0 aromatic heterocycles. The normalized spacial score (nSPS) is 10.6. The maximum absolute atomic E-state index is 10.0. The number of benzene rings is 2. The number of phenols is 2. The molecule has 0 fully saturated rings. The van der Waals surface area contributed by atoms with Gasteiger partial charge < -0.3 is 10.2 Å². The van der Waals surface area contributed by atoms with E-state index in [1.165, 1.54) is 5.56 Å². The molecular formula is C16H18O2. The van der Waals surface area contributed by atoms with E-state index in [0.29, 0.717) is 12.0 Å². The zero-order valence-corrected chi connectivity index (χ0v) is 10.8. The fourth-order valence-electron chi connectivity index (χ4n) is 2.05. The smallest absolute Gasteiger partial charge is 0.123 e. The summed E-state index contributed by atoms with van der Waals surface area (Å²) < 4.78 is 0. The molecule has 18 heavy (non-hydrogen) atoms. The van der Waals surface area contributed by atoms with Gasteiger partial charge in [-0.05, 0) is 41.7 Å². The van der Waals surface area contributed by atoms with Gasteiger partial charge in [0, 0.05) is 5.56 Å². The van der Waals surface area contributed by atoms with E-state index < -0.39 is 0 Å². The zero-order valence-electron chi connectivity index (χ0n) is 10.8. The van der Waals surface area contributed by atoms with Gasteiger partial charge in [0.15, 0.2) is 0 Å². The summed E-state index contributed by atoms with van der Waals surface area (Å²) in [7, 11) is 0. The van der Waals surface area contributed by atoms with Gasteiger partial charge in [-0.1, -0.05) is 38.1 Å². The Morgan fingerprint density at radius 1 is 0.833 bits per heavy atom. The first-order chi connectivity index (χ1) is 8.65. The van der Waals surface area contributed by atoms with E-state index in [-0.39, 0.29) is 11.5 Å². The molecule has 0 saturated heterocycles. The predicted octanol–water partition coefficient (Wildman–Crippen LogP) is 3.89. The first-order valence-corrected chi connectivity index (χ1v) is 6.29. The number of hydrogen-bond donors (Lipinski definition) is 2. The van der Waals surface area contributed by atoms with Gasteiger partial charge in [0.2, 0.25) is 0 Å². The van der Waals surface area contributed by atoms with Crippen molar-refractivity contribution in [3.8, 4) is 22.6 Å². The Morgan fingerprint density at radius 2 is 1.50 bits per heavy atom. The van der Waals surface area contributed by atoms with E-state index in [1.807, 2.05) is 31.2 Å². The molecule has 2 aromatic rings.